The van der Waals surface area contributed by atoms with Gasteiger partial charge in [0.05, 0.1) is 34.4 Å². The van der Waals surface area contributed by atoms with E-state index >= 15 is 0 Å². The number of hydrogen-bond acceptors (Lipinski definition) is 5. The van der Waals surface area contributed by atoms with Crippen molar-refractivity contribution in [3.05, 3.63) is 108 Å². The van der Waals surface area contributed by atoms with E-state index in [1.807, 2.05) is 84.9 Å². The molecule has 1 heterocycles. The monoisotopic (exact) mass is 491 g/mol. The molecule has 1 aliphatic carbocycles. The van der Waals surface area contributed by atoms with Crippen LogP contribution in [0.25, 0.3) is 33.3 Å². The first kappa shape index (κ1) is 22.0. The van der Waals surface area contributed by atoms with E-state index in [1.165, 1.54) is 0 Å². The van der Waals surface area contributed by atoms with Crippen LogP contribution >= 0.6 is 0 Å². The van der Waals surface area contributed by atoms with Gasteiger partial charge in [-0.15, -0.1) is 0 Å². The second kappa shape index (κ2) is 8.32. The van der Waals surface area contributed by atoms with Gasteiger partial charge in [-0.2, -0.15) is 0 Å². The summed E-state index contributed by atoms with van der Waals surface area (Å²) in [6, 6.07) is 30.1. The normalized spacial score (nSPS) is 12.3. The van der Waals surface area contributed by atoms with Crippen LogP contribution in [0.1, 0.15) is 15.9 Å². The number of rotatable bonds is 5. The summed E-state index contributed by atoms with van der Waals surface area (Å²) in [5.41, 5.74) is 6.87. The fourth-order valence-corrected chi connectivity index (χ4v) is 5.32. The third-order valence-electron chi connectivity index (χ3n) is 6.21. The van der Waals surface area contributed by atoms with Crippen molar-refractivity contribution in [3.63, 3.8) is 0 Å². The van der Waals surface area contributed by atoms with Gasteiger partial charge in [-0.1, -0.05) is 60.7 Å². The van der Waals surface area contributed by atoms with Gasteiger partial charge in [0.15, 0.2) is 5.78 Å². The third kappa shape index (κ3) is 3.79. The quantitative estimate of drug-likeness (QED) is 0.299. The molecule has 2 N–H and O–H groups in total. The molecule has 0 radical (unpaired) electrons. The zero-order chi connectivity index (χ0) is 24.9. The topological polar surface area (TPSA) is 88.2 Å². The average Bonchev–Trinajstić information content (AvgIpc) is 2.87. The maximum absolute atomic E-state index is 13.7. The number of anilines is 3. The Labute approximate surface area is 208 Å². The van der Waals surface area contributed by atoms with Crippen molar-refractivity contribution in [1.82, 2.24) is 4.98 Å². The molecule has 0 unspecified atom stereocenters. The molecule has 0 amide bonds. The van der Waals surface area contributed by atoms with E-state index < -0.39 is 10.0 Å². The van der Waals surface area contributed by atoms with Crippen LogP contribution in [0.3, 0.4) is 0 Å². The number of nitrogens with one attached hydrogen (secondary N) is 2. The van der Waals surface area contributed by atoms with E-state index in [4.69, 9.17) is 4.98 Å². The van der Waals surface area contributed by atoms with Crippen molar-refractivity contribution < 1.29 is 13.2 Å². The number of carbonyl (C=O) groups is 1. The highest BCUT2D eigenvalue weighted by Gasteiger charge is 2.29. The van der Waals surface area contributed by atoms with E-state index in [0.29, 0.717) is 39.3 Å². The number of para-hydroxylation sites is 2. The summed E-state index contributed by atoms with van der Waals surface area (Å²) < 4.78 is 26.6. The summed E-state index contributed by atoms with van der Waals surface area (Å²) in [7, 11) is -3.48. The Bertz CT molecular complexity index is 1780. The van der Waals surface area contributed by atoms with Gasteiger partial charge in [-0.05, 0) is 47.5 Å². The maximum Gasteiger partial charge on any atom is 0.229 e. The highest BCUT2D eigenvalue weighted by molar-refractivity contribution is 7.92. The van der Waals surface area contributed by atoms with Crippen LogP contribution in [0.15, 0.2) is 97.1 Å². The molecule has 1 aliphatic rings. The Morgan fingerprint density at radius 1 is 0.694 bits per heavy atom. The zero-order valence-electron chi connectivity index (χ0n) is 19.3. The van der Waals surface area contributed by atoms with E-state index in [0.717, 1.165) is 28.5 Å². The second-order valence-corrected chi connectivity index (χ2v) is 10.5. The number of aromatic nitrogens is 1. The van der Waals surface area contributed by atoms with Crippen molar-refractivity contribution >= 4 is 43.8 Å². The van der Waals surface area contributed by atoms with Crippen LogP contribution in [-0.4, -0.2) is 25.4 Å². The molecule has 0 aliphatic heterocycles. The number of carbonyl (C=O) groups excluding carboxylic acids is 1. The largest absolute Gasteiger partial charge is 0.355 e. The molecule has 0 saturated heterocycles. The highest BCUT2D eigenvalue weighted by atomic mass is 32.2. The van der Waals surface area contributed by atoms with Crippen LogP contribution in [-0.2, 0) is 10.0 Å². The molecule has 7 heteroatoms. The van der Waals surface area contributed by atoms with E-state index in [1.54, 1.807) is 12.1 Å². The molecule has 1 aromatic heterocycles. The van der Waals surface area contributed by atoms with Crippen LogP contribution in [0.4, 0.5) is 17.1 Å². The van der Waals surface area contributed by atoms with Gasteiger partial charge in [0.25, 0.3) is 0 Å². The minimum atomic E-state index is -3.48. The fourth-order valence-electron chi connectivity index (χ4n) is 4.74. The molecule has 0 atom stereocenters. The van der Waals surface area contributed by atoms with Crippen molar-refractivity contribution in [2.45, 2.75) is 0 Å². The minimum absolute atomic E-state index is 0.0594. The van der Waals surface area contributed by atoms with E-state index in [9.17, 15) is 13.2 Å². The number of nitrogens with zero attached hydrogens (tertiary/aromatic N) is 1. The van der Waals surface area contributed by atoms with Gasteiger partial charge in [-0.25, -0.2) is 13.4 Å². The number of pyridine rings is 1. The first-order valence-electron chi connectivity index (χ1n) is 11.4. The standard InChI is InChI=1S/C29H21N3O3S/c1-36(34,35)32-23-14-8-7-13-21(23)26-17-22-19-11-5-6-12-20(19)29(33)28-25(16-15-24(31-26)27(22)28)30-18-9-3-2-4-10-18/h2-17,30,32H,1H3. The molecular formula is C29H21N3O3S. The molecule has 0 spiro atoms. The highest BCUT2D eigenvalue weighted by Crippen LogP contribution is 2.44. The zero-order valence-corrected chi connectivity index (χ0v) is 20.1. The van der Waals surface area contributed by atoms with Gasteiger partial charge in [-0.3, -0.25) is 9.52 Å². The van der Waals surface area contributed by atoms with Crippen LogP contribution in [0.5, 0.6) is 0 Å². The maximum atomic E-state index is 13.7. The molecule has 0 bridgehead atoms. The Morgan fingerprint density at radius 2 is 1.36 bits per heavy atom. The minimum Gasteiger partial charge on any atom is -0.355 e. The van der Waals surface area contributed by atoms with Crippen LogP contribution in [0.2, 0.25) is 0 Å². The van der Waals surface area contributed by atoms with Crippen LogP contribution < -0.4 is 10.0 Å². The lowest BCUT2D eigenvalue weighted by Gasteiger charge is -2.23. The van der Waals surface area contributed by atoms with Gasteiger partial charge in [0.1, 0.15) is 0 Å². The predicted octanol–water partition coefficient (Wildman–Crippen LogP) is 6.23. The Hall–Kier alpha value is -4.49. The first-order chi connectivity index (χ1) is 17.4. The summed E-state index contributed by atoms with van der Waals surface area (Å²) in [6.45, 7) is 0. The SMILES string of the molecule is CS(=O)(=O)Nc1ccccc1-c1cc2c3c(c(Nc4ccccc4)ccc3n1)C(=O)c1ccccc1-2. The number of fused-ring (bicyclic) bond motifs is 2. The molecule has 0 fully saturated rings. The van der Waals surface area contributed by atoms with Gasteiger partial charge in [0.2, 0.25) is 10.0 Å². The number of benzene rings is 4. The van der Waals surface area contributed by atoms with Crippen molar-refractivity contribution in [2.24, 2.45) is 0 Å². The molecule has 36 heavy (non-hydrogen) atoms. The lowest BCUT2D eigenvalue weighted by molar-refractivity contribution is 0.104. The second-order valence-electron chi connectivity index (χ2n) is 8.72. The summed E-state index contributed by atoms with van der Waals surface area (Å²) in [4.78, 5) is 18.6. The Morgan fingerprint density at radius 3 is 2.11 bits per heavy atom. The Balaban J connectivity index is 1.62. The van der Waals surface area contributed by atoms with Crippen molar-refractivity contribution in [1.29, 1.82) is 0 Å². The van der Waals surface area contributed by atoms with Gasteiger partial charge >= 0.3 is 0 Å². The average molecular weight is 492 g/mol. The number of sulfonamides is 1. The molecule has 4 aromatic carbocycles. The third-order valence-corrected chi connectivity index (χ3v) is 6.81. The molecule has 0 saturated carbocycles. The first-order valence-corrected chi connectivity index (χ1v) is 13.3. The number of hydrogen-bond donors (Lipinski definition) is 2. The van der Waals surface area contributed by atoms with Crippen LogP contribution in [0, 0.1) is 0 Å². The smallest absolute Gasteiger partial charge is 0.229 e. The van der Waals surface area contributed by atoms with E-state index in [2.05, 4.69) is 10.0 Å². The molecule has 176 valence electrons. The van der Waals surface area contributed by atoms with Gasteiger partial charge in [0, 0.05) is 22.2 Å². The summed E-state index contributed by atoms with van der Waals surface area (Å²) in [5, 5.41) is 4.17. The molecule has 5 aromatic rings. The van der Waals surface area contributed by atoms with E-state index in [-0.39, 0.29) is 5.78 Å². The summed E-state index contributed by atoms with van der Waals surface area (Å²) >= 11 is 0. The van der Waals surface area contributed by atoms with Crippen molar-refractivity contribution in [2.75, 3.05) is 16.3 Å². The lowest BCUT2D eigenvalue weighted by Crippen LogP contribution is -2.13. The molecule has 6 rings (SSSR count). The molecular weight excluding hydrogens is 470 g/mol. The predicted molar refractivity (Wildman–Crippen MR) is 144 cm³/mol. The molecule has 6 nitrogen and oxygen atoms in total. The Kier molecular flexibility index (Phi) is 5.09. The summed E-state index contributed by atoms with van der Waals surface area (Å²) in [6.07, 6.45) is 1.12. The van der Waals surface area contributed by atoms with Gasteiger partial charge < -0.3 is 5.32 Å². The van der Waals surface area contributed by atoms with Crippen molar-refractivity contribution in [3.8, 4) is 22.4 Å². The fraction of sp³-hybridized carbons (Fsp3) is 0.0345. The number of ketones is 1. The summed E-state index contributed by atoms with van der Waals surface area (Å²) in [5.74, 6) is -0.0594. The lowest BCUT2D eigenvalue weighted by atomic mass is 9.82.